The molecular formula is C13H21N3OS. The van der Waals surface area contributed by atoms with E-state index < -0.39 is 0 Å². The van der Waals surface area contributed by atoms with E-state index >= 15 is 0 Å². The van der Waals surface area contributed by atoms with Crippen LogP contribution in [0.15, 0.2) is 5.38 Å². The van der Waals surface area contributed by atoms with Gasteiger partial charge in [0.05, 0.1) is 6.04 Å². The molecule has 100 valence electrons. The van der Waals surface area contributed by atoms with E-state index in [1.54, 1.807) is 18.3 Å². The van der Waals surface area contributed by atoms with Gasteiger partial charge >= 0.3 is 0 Å². The van der Waals surface area contributed by atoms with Crippen LogP contribution in [0.5, 0.6) is 0 Å². The van der Waals surface area contributed by atoms with Crippen LogP contribution in [0.25, 0.3) is 0 Å². The second-order valence-electron chi connectivity index (χ2n) is 5.00. The molecule has 0 aromatic carbocycles. The van der Waals surface area contributed by atoms with Crippen molar-refractivity contribution in [3.05, 3.63) is 16.1 Å². The number of aryl methyl sites for hydroxylation is 1. The number of aromatic nitrogens is 1. The van der Waals surface area contributed by atoms with Gasteiger partial charge in [-0.1, -0.05) is 0 Å². The Morgan fingerprint density at radius 3 is 2.72 bits per heavy atom. The number of piperidine rings is 1. The third-order valence-corrected chi connectivity index (χ3v) is 4.58. The molecule has 0 spiro atoms. The number of hydrogen-bond donors (Lipinski definition) is 1. The van der Waals surface area contributed by atoms with Crippen molar-refractivity contribution in [1.82, 2.24) is 15.2 Å². The van der Waals surface area contributed by atoms with Crippen molar-refractivity contribution in [2.24, 2.45) is 0 Å². The minimum absolute atomic E-state index is 0.192. The van der Waals surface area contributed by atoms with Gasteiger partial charge in [0.1, 0.15) is 5.01 Å². The molecule has 5 heteroatoms. The minimum Gasteiger partial charge on any atom is -0.343 e. The van der Waals surface area contributed by atoms with Crippen molar-refractivity contribution in [3.8, 4) is 0 Å². The Labute approximate surface area is 112 Å². The molecule has 0 radical (unpaired) electrons. The lowest BCUT2D eigenvalue weighted by Crippen LogP contribution is -2.44. The van der Waals surface area contributed by atoms with Crippen LogP contribution in [0.1, 0.15) is 43.4 Å². The lowest BCUT2D eigenvalue weighted by Gasteiger charge is -2.33. The molecule has 1 saturated heterocycles. The first-order valence-electron chi connectivity index (χ1n) is 6.50. The summed E-state index contributed by atoms with van der Waals surface area (Å²) < 4.78 is 0. The summed E-state index contributed by atoms with van der Waals surface area (Å²) in [5, 5.41) is 6.86. The van der Waals surface area contributed by atoms with Gasteiger partial charge in [0, 0.05) is 37.1 Å². The number of thiazole rings is 1. The van der Waals surface area contributed by atoms with Crippen LogP contribution in [-0.2, 0) is 4.79 Å². The lowest BCUT2D eigenvalue weighted by atomic mass is 10.0. The van der Waals surface area contributed by atoms with Gasteiger partial charge in [0.25, 0.3) is 0 Å². The highest BCUT2D eigenvalue weighted by Gasteiger charge is 2.22. The van der Waals surface area contributed by atoms with Crippen LogP contribution in [-0.4, -0.2) is 34.9 Å². The molecule has 1 aromatic rings. The molecule has 2 heterocycles. The van der Waals surface area contributed by atoms with Crippen molar-refractivity contribution < 1.29 is 4.79 Å². The number of likely N-dealkylation sites (tertiary alicyclic amines) is 1. The van der Waals surface area contributed by atoms with Gasteiger partial charge in [-0.2, -0.15) is 0 Å². The van der Waals surface area contributed by atoms with Gasteiger partial charge in [-0.15, -0.1) is 11.3 Å². The molecular weight excluding hydrogens is 246 g/mol. The minimum atomic E-state index is 0.192. The van der Waals surface area contributed by atoms with Crippen molar-refractivity contribution in [1.29, 1.82) is 0 Å². The average Bonchev–Trinajstić information content (AvgIpc) is 2.76. The topological polar surface area (TPSA) is 45.2 Å². The Bertz CT molecular complexity index is 410. The van der Waals surface area contributed by atoms with Crippen LogP contribution in [0.2, 0.25) is 0 Å². The van der Waals surface area contributed by atoms with E-state index in [0.717, 1.165) is 36.6 Å². The van der Waals surface area contributed by atoms with E-state index in [2.05, 4.69) is 22.6 Å². The molecule has 2 rings (SSSR count). The Morgan fingerprint density at radius 2 is 2.22 bits per heavy atom. The summed E-state index contributed by atoms with van der Waals surface area (Å²) in [6, 6.07) is 0.803. The Morgan fingerprint density at radius 1 is 1.56 bits per heavy atom. The maximum Gasteiger partial charge on any atom is 0.219 e. The average molecular weight is 267 g/mol. The second-order valence-corrected chi connectivity index (χ2v) is 5.89. The number of rotatable bonds is 3. The van der Waals surface area contributed by atoms with Gasteiger partial charge in [-0.25, -0.2) is 4.98 Å². The summed E-state index contributed by atoms with van der Waals surface area (Å²) >= 11 is 1.71. The van der Waals surface area contributed by atoms with E-state index in [1.165, 1.54) is 0 Å². The summed E-state index contributed by atoms with van der Waals surface area (Å²) in [7, 11) is 0. The van der Waals surface area contributed by atoms with Crippen LogP contribution in [0.4, 0.5) is 0 Å². The molecule has 1 fully saturated rings. The van der Waals surface area contributed by atoms with Crippen molar-refractivity contribution in [2.75, 3.05) is 13.1 Å². The quantitative estimate of drug-likeness (QED) is 0.912. The highest BCUT2D eigenvalue weighted by Crippen LogP contribution is 2.20. The molecule has 1 unspecified atom stereocenters. The van der Waals surface area contributed by atoms with Crippen LogP contribution in [0.3, 0.4) is 0 Å². The number of hydrogen-bond acceptors (Lipinski definition) is 4. The predicted molar refractivity (Wildman–Crippen MR) is 73.7 cm³/mol. The van der Waals surface area contributed by atoms with E-state index in [4.69, 9.17) is 0 Å². The van der Waals surface area contributed by atoms with Crippen LogP contribution < -0.4 is 5.32 Å². The third kappa shape index (κ3) is 3.29. The molecule has 1 atom stereocenters. The molecule has 4 nitrogen and oxygen atoms in total. The number of nitrogens with zero attached hydrogens (tertiary/aromatic N) is 2. The maximum atomic E-state index is 11.2. The summed E-state index contributed by atoms with van der Waals surface area (Å²) in [5.74, 6) is 0.192. The van der Waals surface area contributed by atoms with Crippen LogP contribution >= 0.6 is 11.3 Å². The smallest absolute Gasteiger partial charge is 0.219 e. The van der Waals surface area contributed by atoms with Crippen molar-refractivity contribution in [2.45, 2.75) is 45.7 Å². The van der Waals surface area contributed by atoms with E-state index in [1.807, 2.05) is 11.8 Å². The number of carbonyl (C=O) groups is 1. The monoisotopic (exact) mass is 267 g/mol. The first-order chi connectivity index (χ1) is 8.56. The Balaban J connectivity index is 1.83. The fourth-order valence-corrected chi connectivity index (χ4v) is 3.17. The number of carbonyl (C=O) groups excluding carboxylic acids is 1. The normalized spacial score (nSPS) is 18.9. The zero-order chi connectivity index (χ0) is 13.1. The molecule has 1 amide bonds. The maximum absolute atomic E-state index is 11.2. The molecule has 1 aliphatic heterocycles. The largest absolute Gasteiger partial charge is 0.343 e. The highest BCUT2D eigenvalue weighted by molar-refractivity contribution is 7.09. The van der Waals surface area contributed by atoms with Crippen LogP contribution in [0, 0.1) is 6.92 Å². The summed E-state index contributed by atoms with van der Waals surface area (Å²) in [4.78, 5) is 17.7. The number of nitrogens with one attached hydrogen (secondary N) is 1. The zero-order valence-electron chi connectivity index (χ0n) is 11.3. The SMILES string of the molecule is CC(=O)N1CCC(NC(C)c2nc(C)cs2)CC1. The molecule has 0 bridgehead atoms. The van der Waals surface area contributed by atoms with Gasteiger partial charge in [-0.05, 0) is 26.7 Å². The van der Waals surface area contributed by atoms with E-state index in [0.29, 0.717) is 12.1 Å². The predicted octanol–water partition coefficient (Wildman–Crippen LogP) is 2.11. The summed E-state index contributed by atoms with van der Waals surface area (Å²) in [6.07, 6.45) is 2.07. The first-order valence-corrected chi connectivity index (χ1v) is 7.38. The van der Waals surface area contributed by atoms with Gasteiger partial charge in [0.2, 0.25) is 5.91 Å². The second kappa shape index (κ2) is 5.80. The van der Waals surface area contributed by atoms with Gasteiger partial charge in [-0.3, -0.25) is 4.79 Å². The van der Waals surface area contributed by atoms with Crippen molar-refractivity contribution in [3.63, 3.8) is 0 Å². The molecule has 1 aliphatic rings. The molecule has 0 aliphatic carbocycles. The standard InChI is InChI=1S/C13H21N3OS/c1-9-8-18-13(14-9)10(2)15-12-4-6-16(7-5-12)11(3)17/h8,10,12,15H,4-7H2,1-3H3. The number of amides is 1. The Kier molecular flexibility index (Phi) is 4.35. The first kappa shape index (κ1) is 13.5. The van der Waals surface area contributed by atoms with E-state index in [9.17, 15) is 4.79 Å². The fourth-order valence-electron chi connectivity index (χ4n) is 2.36. The van der Waals surface area contributed by atoms with E-state index in [-0.39, 0.29) is 5.91 Å². The lowest BCUT2D eigenvalue weighted by molar-refractivity contribution is -0.129. The van der Waals surface area contributed by atoms with Gasteiger partial charge in [0.15, 0.2) is 0 Å². The highest BCUT2D eigenvalue weighted by atomic mass is 32.1. The van der Waals surface area contributed by atoms with Crippen molar-refractivity contribution >= 4 is 17.2 Å². The third-order valence-electron chi connectivity index (χ3n) is 3.43. The molecule has 1 aromatic heterocycles. The van der Waals surface area contributed by atoms with Gasteiger partial charge < -0.3 is 10.2 Å². The molecule has 0 saturated carbocycles. The summed E-state index contributed by atoms with van der Waals surface area (Å²) in [5.41, 5.74) is 1.09. The Hall–Kier alpha value is -0.940. The molecule has 18 heavy (non-hydrogen) atoms. The summed E-state index contributed by atoms with van der Waals surface area (Å²) in [6.45, 7) is 7.58. The zero-order valence-corrected chi connectivity index (χ0v) is 12.1. The molecule has 1 N–H and O–H groups in total. The fraction of sp³-hybridized carbons (Fsp3) is 0.692.